The molecule has 3 aromatic heterocycles. The maximum atomic E-state index is 15.2. The van der Waals surface area contributed by atoms with Crippen LogP contribution in [-0.4, -0.2) is 43.0 Å². The Labute approximate surface area is 280 Å². The van der Waals surface area contributed by atoms with Crippen molar-refractivity contribution in [3.8, 4) is 17.0 Å². The van der Waals surface area contributed by atoms with E-state index in [2.05, 4.69) is 15.1 Å². The molecule has 13 heteroatoms. The van der Waals surface area contributed by atoms with Crippen molar-refractivity contribution < 1.29 is 36.9 Å². The molecule has 0 amide bonds. The van der Waals surface area contributed by atoms with Crippen molar-refractivity contribution in [3.63, 3.8) is 0 Å². The summed E-state index contributed by atoms with van der Waals surface area (Å²) in [5.74, 6) is -0.549. The van der Waals surface area contributed by atoms with E-state index in [1.165, 1.54) is 6.07 Å². The minimum atomic E-state index is -4.81. The van der Waals surface area contributed by atoms with E-state index in [0.29, 0.717) is 50.2 Å². The number of alkyl halides is 3. The molecular formula is C36H37F4N5O4. The molecule has 4 heterocycles. The number of pyridine rings is 2. The van der Waals surface area contributed by atoms with Gasteiger partial charge in [0.05, 0.1) is 42.5 Å². The minimum absolute atomic E-state index is 0.0566. The SMILES string of the molecule is CCOC(=O)C1C2Cc3cc(OCc4cc(-c5ccc(N6Cc7cn(CC(C)(C)O)nc7C6)nc5C)c(C(F)(F)F)cc4F)ncc3C21C. The molecule has 1 saturated carbocycles. The molecule has 2 aliphatic carbocycles. The van der Waals surface area contributed by atoms with Crippen LogP contribution >= 0.6 is 0 Å². The van der Waals surface area contributed by atoms with Crippen LogP contribution in [-0.2, 0) is 53.8 Å². The van der Waals surface area contributed by atoms with Gasteiger partial charge in [-0.1, -0.05) is 6.92 Å². The zero-order chi connectivity index (χ0) is 35.0. The van der Waals surface area contributed by atoms with Gasteiger partial charge < -0.3 is 19.5 Å². The number of anilines is 1. The standard InChI is InChI=1S/C36H37F4N5O4/c1-6-48-33(46)32-26-10-20-11-31(41-13-27(20)35(26,32)5)49-17-21-9-24(25(12-28(21)37)36(38,39)40)23-7-8-30(42-19(23)2)44-14-22-15-45(18-34(3,4)47)43-29(22)16-44/h7-9,11-13,15,26,32,47H,6,10,14,16-18H2,1-5H3. The van der Waals surface area contributed by atoms with E-state index in [0.717, 1.165) is 22.4 Å². The van der Waals surface area contributed by atoms with Crippen LogP contribution in [0.25, 0.3) is 11.1 Å². The summed E-state index contributed by atoms with van der Waals surface area (Å²) in [6.45, 7) is 10.1. The second-order valence-corrected chi connectivity index (χ2v) is 14.0. The molecule has 0 radical (unpaired) electrons. The number of ether oxygens (including phenoxy) is 2. The monoisotopic (exact) mass is 679 g/mol. The lowest BCUT2D eigenvalue weighted by molar-refractivity contribution is -0.145. The number of aryl methyl sites for hydroxylation is 1. The Morgan fingerprint density at radius 2 is 1.90 bits per heavy atom. The molecule has 1 aromatic carbocycles. The summed E-state index contributed by atoms with van der Waals surface area (Å²) in [5.41, 5.74) is 1.72. The minimum Gasteiger partial charge on any atom is -0.473 e. The van der Waals surface area contributed by atoms with Gasteiger partial charge in [0, 0.05) is 52.8 Å². The Bertz CT molecular complexity index is 1950. The molecular weight excluding hydrogens is 642 g/mol. The fraction of sp³-hybridized carbons (Fsp3) is 0.444. The molecule has 3 unspecified atom stereocenters. The van der Waals surface area contributed by atoms with Crippen LogP contribution in [0.4, 0.5) is 23.4 Å². The Morgan fingerprint density at radius 3 is 2.57 bits per heavy atom. The number of carbonyl (C=O) groups is 1. The van der Waals surface area contributed by atoms with Gasteiger partial charge in [-0.05, 0) is 81.0 Å². The quantitative estimate of drug-likeness (QED) is 0.163. The smallest absolute Gasteiger partial charge is 0.417 e. The summed E-state index contributed by atoms with van der Waals surface area (Å²) in [5, 5.41) is 14.7. The van der Waals surface area contributed by atoms with Crippen LogP contribution in [0.5, 0.6) is 5.88 Å². The second kappa shape index (κ2) is 11.5. The third-order valence-electron chi connectivity index (χ3n) is 9.96. The van der Waals surface area contributed by atoms with Crippen molar-refractivity contribution >= 4 is 11.8 Å². The van der Waals surface area contributed by atoms with E-state index in [1.807, 2.05) is 18.0 Å². The van der Waals surface area contributed by atoms with Gasteiger partial charge in [0.25, 0.3) is 0 Å². The number of aromatic nitrogens is 4. The molecule has 0 saturated heterocycles. The van der Waals surface area contributed by atoms with E-state index >= 15 is 4.39 Å². The van der Waals surface area contributed by atoms with E-state index in [1.54, 1.807) is 56.8 Å². The summed E-state index contributed by atoms with van der Waals surface area (Å²) >= 11 is 0. The van der Waals surface area contributed by atoms with E-state index < -0.39 is 23.2 Å². The molecule has 0 spiro atoms. The highest BCUT2D eigenvalue weighted by molar-refractivity contribution is 5.81. The normalized spacial score (nSPS) is 21.0. The van der Waals surface area contributed by atoms with Gasteiger partial charge in [-0.15, -0.1) is 0 Å². The number of aliphatic hydroxyl groups is 1. The predicted octanol–water partition coefficient (Wildman–Crippen LogP) is 6.30. The molecule has 3 atom stereocenters. The number of hydrogen-bond donors (Lipinski definition) is 1. The summed E-state index contributed by atoms with van der Waals surface area (Å²) in [7, 11) is 0. The van der Waals surface area contributed by atoms with Gasteiger partial charge >= 0.3 is 12.1 Å². The Balaban J connectivity index is 1.10. The van der Waals surface area contributed by atoms with Crippen molar-refractivity contribution in [2.24, 2.45) is 11.8 Å². The number of benzene rings is 1. The van der Waals surface area contributed by atoms with Gasteiger partial charge in [0.15, 0.2) is 0 Å². The zero-order valence-corrected chi connectivity index (χ0v) is 27.9. The van der Waals surface area contributed by atoms with Gasteiger partial charge in [-0.25, -0.2) is 14.4 Å². The number of fused-ring (bicyclic) bond motifs is 4. The highest BCUT2D eigenvalue weighted by Gasteiger charge is 2.70. The lowest BCUT2D eigenvalue weighted by Gasteiger charge is -2.21. The number of esters is 1. The molecule has 1 aliphatic heterocycles. The average molecular weight is 680 g/mol. The van der Waals surface area contributed by atoms with Crippen LogP contribution in [0.15, 0.2) is 42.7 Å². The van der Waals surface area contributed by atoms with Crippen molar-refractivity contribution in [1.29, 1.82) is 0 Å². The molecule has 49 heavy (non-hydrogen) atoms. The highest BCUT2D eigenvalue weighted by Crippen LogP contribution is 2.66. The van der Waals surface area contributed by atoms with E-state index in [9.17, 15) is 23.1 Å². The number of rotatable bonds is 9. The zero-order valence-electron chi connectivity index (χ0n) is 27.9. The predicted molar refractivity (Wildman–Crippen MR) is 171 cm³/mol. The van der Waals surface area contributed by atoms with Crippen LogP contribution < -0.4 is 9.64 Å². The average Bonchev–Trinajstić information content (AvgIpc) is 3.29. The van der Waals surface area contributed by atoms with Gasteiger partial charge in [0.1, 0.15) is 18.2 Å². The van der Waals surface area contributed by atoms with E-state index in [4.69, 9.17) is 9.47 Å². The van der Waals surface area contributed by atoms with Crippen LogP contribution in [0, 0.1) is 24.6 Å². The molecule has 1 N–H and O–H groups in total. The Kier molecular flexibility index (Phi) is 7.77. The molecule has 7 rings (SSSR count). The van der Waals surface area contributed by atoms with Crippen LogP contribution in [0.2, 0.25) is 0 Å². The number of carbonyl (C=O) groups excluding carboxylic acids is 1. The van der Waals surface area contributed by atoms with Crippen LogP contribution in [0.3, 0.4) is 0 Å². The van der Waals surface area contributed by atoms with Crippen molar-refractivity contribution in [2.75, 3.05) is 11.5 Å². The first-order valence-corrected chi connectivity index (χ1v) is 16.3. The number of halogens is 4. The van der Waals surface area contributed by atoms with E-state index in [-0.39, 0.29) is 52.4 Å². The van der Waals surface area contributed by atoms with Gasteiger partial charge in [-0.3, -0.25) is 9.48 Å². The number of hydrogen-bond acceptors (Lipinski definition) is 8. The third kappa shape index (κ3) is 5.91. The highest BCUT2D eigenvalue weighted by atomic mass is 19.4. The lowest BCUT2D eigenvalue weighted by atomic mass is 9.95. The van der Waals surface area contributed by atoms with Crippen LogP contribution in [0.1, 0.15) is 66.9 Å². The van der Waals surface area contributed by atoms with Crippen molar-refractivity contribution in [2.45, 2.75) is 84.5 Å². The summed E-state index contributed by atoms with van der Waals surface area (Å²) < 4.78 is 70.6. The summed E-state index contributed by atoms with van der Waals surface area (Å²) in [4.78, 5) is 23.4. The number of nitrogens with zero attached hydrogens (tertiary/aromatic N) is 5. The molecule has 9 nitrogen and oxygen atoms in total. The fourth-order valence-electron chi connectivity index (χ4n) is 7.58. The van der Waals surface area contributed by atoms with Crippen molar-refractivity contribution in [1.82, 2.24) is 19.7 Å². The maximum Gasteiger partial charge on any atom is 0.417 e. The van der Waals surface area contributed by atoms with Gasteiger partial charge in [0.2, 0.25) is 5.88 Å². The first kappa shape index (κ1) is 33.0. The first-order chi connectivity index (χ1) is 23.1. The first-order valence-electron chi connectivity index (χ1n) is 16.3. The lowest BCUT2D eigenvalue weighted by Crippen LogP contribution is -2.27. The fourth-order valence-corrected chi connectivity index (χ4v) is 7.58. The van der Waals surface area contributed by atoms with Gasteiger partial charge in [-0.2, -0.15) is 18.3 Å². The molecule has 258 valence electrons. The Morgan fingerprint density at radius 1 is 1.12 bits per heavy atom. The van der Waals surface area contributed by atoms with Crippen molar-refractivity contribution in [3.05, 3.63) is 87.7 Å². The summed E-state index contributed by atoms with van der Waals surface area (Å²) in [6, 6.07) is 6.67. The second-order valence-electron chi connectivity index (χ2n) is 14.0. The molecule has 0 bridgehead atoms. The summed E-state index contributed by atoms with van der Waals surface area (Å²) in [6.07, 6.45) is -0.613. The third-order valence-corrected chi connectivity index (χ3v) is 9.96. The Hall–Kier alpha value is -4.52. The molecule has 1 fully saturated rings. The maximum absolute atomic E-state index is 15.2. The largest absolute Gasteiger partial charge is 0.473 e. The molecule has 3 aliphatic rings. The molecule has 4 aromatic rings. The topological polar surface area (TPSA) is 103 Å².